The van der Waals surface area contributed by atoms with Crippen LogP contribution < -0.4 is 15.4 Å². The molecule has 4 heteroatoms. The number of rotatable bonds is 5. The number of hydrogen-bond acceptors (Lipinski definition) is 2. The fourth-order valence-corrected chi connectivity index (χ4v) is 1.87. The SMILES string of the molecule is CC(C)NC(=O)Nc1ccccc1COc1ccccc1. The lowest BCUT2D eigenvalue weighted by molar-refractivity contribution is 0.250. The first-order valence-electron chi connectivity index (χ1n) is 6.98. The lowest BCUT2D eigenvalue weighted by Gasteiger charge is -2.14. The third-order valence-electron chi connectivity index (χ3n) is 2.82. The Morgan fingerprint density at radius 3 is 2.43 bits per heavy atom. The normalized spacial score (nSPS) is 10.2. The molecule has 0 aliphatic carbocycles. The van der Waals surface area contributed by atoms with E-state index in [-0.39, 0.29) is 12.1 Å². The van der Waals surface area contributed by atoms with Gasteiger partial charge in [-0.15, -0.1) is 0 Å². The van der Waals surface area contributed by atoms with E-state index in [0.717, 1.165) is 17.0 Å². The van der Waals surface area contributed by atoms with Gasteiger partial charge in [-0.05, 0) is 32.0 Å². The molecule has 2 aromatic rings. The van der Waals surface area contributed by atoms with Crippen molar-refractivity contribution in [1.82, 2.24) is 5.32 Å². The van der Waals surface area contributed by atoms with Gasteiger partial charge in [-0.1, -0.05) is 36.4 Å². The standard InChI is InChI=1S/C17H20N2O2/c1-13(2)18-17(20)19-16-11-7-6-8-14(16)12-21-15-9-4-3-5-10-15/h3-11,13H,12H2,1-2H3,(H2,18,19,20). The Morgan fingerprint density at radius 1 is 1.05 bits per heavy atom. The first-order valence-corrected chi connectivity index (χ1v) is 6.98. The number of urea groups is 1. The van der Waals surface area contributed by atoms with Crippen LogP contribution in [0.2, 0.25) is 0 Å². The highest BCUT2D eigenvalue weighted by Gasteiger charge is 2.07. The third kappa shape index (κ3) is 4.84. The summed E-state index contributed by atoms with van der Waals surface area (Å²) in [6.07, 6.45) is 0. The molecule has 2 aromatic carbocycles. The van der Waals surface area contributed by atoms with Gasteiger partial charge in [0.2, 0.25) is 0 Å². The first-order chi connectivity index (χ1) is 10.1. The second-order valence-electron chi connectivity index (χ2n) is 5.01. The van der Waals surface area contributed by atoms with E-state index in [9.17, 15) is 4.79 Å². The largest absolute Gasteiger partial charge is 0.489 e. The van der Waals surface area contributed by atoms with Crippen molar-refractivity contribution in [3.8, 4) is 5.75 Å². The van der Waals surface area contributed by atoms with E-state index >= 15 is 0 Å². The van der Waals surface area contributed by atoms with Crippen molar-refractivity contribution >= 4 is 11.7 Å². The molecule has 4 nitrogen and oxygen atoms in total. The molecular formula is C17H20N2O2. The molecule has 0 saturated carbocycles. The Labute approximate surface area is 125 Å². The van der Waals surface area contributed by atoms with Crippen molar-refractivity contribution in [2.45, 2.75) is 26.5 Å². The fourth-order valence-electron chi connectivity index (χ4n) is 1.87. The number of para-hydroxylation sites is 2. The summed E-state index contributed by atoms with van der Waals surface area (Å²) in [6, 6.07) is 17.1. The summed E-state index contributed by atoms with van der Waals surface area (Å²) in [5.74, 6) is 0.805. The first kappa shape index (κ1) is 14.9. The van der Waals surface area contributed by atoms with Gasteiger partial charge in [0.15, 0.2) is 0 Å². The summed E-state index contributed by atoms with van der Waals surface area (Å²) >= 11 is 0. The summed E-state index contributed by atoms with van der Waals surface area (Å²) in [6.45, 7) is 4.25. The Hall–Kier alpha value is -2.49. The van der Waals surface area contributed by atoms with Crippen LogP contribution in [0, 0.1) is 0 Å². The Morgan fingerprint density at radius 2 is 1.71 bits per heavy atom. The number of ether oxygens (including phenoxy) is 1. The summed E-state index contributed by atoms with van der Waals surface area (Å²) in [5, 5.41) is 5.65. The molecule has 0 heterocycles. The van der Waals surface area contributed by atoms with Gasteiger partial charge in [0.25, 0.3) is 0 Å². The molecule has 0 fully saturated rings. The third-order valence-corrected chi connectivity index (χ3v) is 2.82. The van der Waals surface area contributed by atoms with Crippen LogP contribution in [0.15, 0.2) is 54.6 Å². The quantitative estimate of drug-likeness (QED) is 0.877. The van der Waals surface area contributed by atoms with Crippen LogP contribution in [0.5, 0.6) is 5.75 Å². The molecule has 0 bridgehead atoms. The average Bonchev–Trinajstić information content (AvgIpc) is 2.46. The maximum absolute atomic E-state index is 11.8. The summed E-state index contributed by atoms with van der Waals surface area (Å²) in [5.41, 5.74) is 1.69. The monoisotopic (exact) mass is 284 g/mol. The van der Waals surface area contributed by atoms with Crippen molar-refractivity contribution in [1.29, 1.82) is 0 Å². The van der Waals surface area contributed by atoms with Crippen molar-refractivity contribution < 1.29 is 9.53 Å². The number of hydrogen-bond donors (Lipinski definition) is 2. The topological polar surface area (TPSA) is 50.4 Å². The van der Waals surface area contributed by atoms with Crippen LogP contribution >= 0.6 is 0 Å². The lowest BCUT2D eigenvalue weighted by Crippen LogP contribution is -2.34. The minimum Gasteiger partial charge on any atom is -0.489 e. The molecule has 0 aliphatic rings. The maximum Gasteiger partial charge on any atom is 0.319 e. The van der Waals surface area contributed by atoms with Gasteiger partial charge < -0.3 is 15.4 Å². The smallest absolute Gasteiger partial charge is 0.319 e. The number of anilines is 1. The van der Waals surface area contributed by atoms with Gasteiger partial charge in [-0.25, -0.2) is 4.79 Å². The Balaban J connectivity index is 2.01. The highest BCUT2D eigenvalue weighted by molar-refractivity contribution is 5.90. The molecule has 110 valence electrons. The molecule has 0 aliphatic heterocycles. The predicted molar refractivity (Wildman–Crippen MR) is 84.5 cm³/mol. The van der Waals surface area contributed by atoms with E-state index in [1.165, 1.54) is 0 Å². The van der Waals surface area contributed by atoms with Crippen LogP contribution in [0.3, 0.4) is 0 Å². The average molecular weight is 284 g/mol. The zero-order valence-electron chi connectivity index (χ0n) is 12.3. The number of carbonyl (C=O) groups is 1. The molecule has 2 amide bonds. The minimum atomic E-state index is -0.211. The summed E-state index contributed by atoms with van der Waals surface area (Å²) in [7, 11) is 0. The highest BCUT2D eigenvalue weighted by atomic mass is 16.5. The van der Waals surface area contributed by atoms with Crippen molar-refractivity contribution in [3.63, 3.8) is 0 Å². The van der Waals surface area contributed by atoms with E-state index < -0.39 is 0 Å². The van der Waals surface area contributed by atoms with Gasteiger partial charge >= 0.3 is 6.03 Å². The van der Waals surface area contributed by atoms with Gasteiger partial charge in [-0.2, -0.15) is 0 Å². The summed E-state index contributed by atoms with van der Waals surface area (Å²) < 4.78 is 5.72. The van der Waals surface area contributed by atoms with E-state index in [1.54, 1.807) is 0 Å². The number of carbonyl (C=O) groups excluding carboxylic acids is 1. The second-order valence-corrected chi connectivity index (χ2v) is 5.01. The maximum atomic E-state index is 11.8. The molecule has 0 aromatic heterocycles. The number of amides is 2. The lowest BCUT2D eigenvalue weighted by atomic mass is 10.2. The number of benzene rings is 2. The molecular weight excluding hydrogens is 264 g/mol. The molecule has 2 rings (SSSR count). The molecule has 0 unspecified atom stereocenters. The molecule has 0 radical (unpaired) electrons. The van der Waals surface area contributed by atoms with Gasteiger partial charge in [0.1, 0.15) is 12.4 Å². The van der Waals surface area contributed by atoms with Crippen molar-refractivity contribution in [2.75, 3.05) is 5.32 Å². The van der Waals surface area contributed by atoms with Crippen molar-refractivity contribution in [2.24, 2.45) is 0 Å². The van der Waals surface area contributed by atoms with Crippen LogP contribution in [0.1, 0.15) is 19.4 Å². The van der Waals surface area contributed by atoms with E-state index in [1.807, 2.05) is 68.4 Å². The highest BCUT2D eigenvalue weighted by Crippen LogP contribution is 2.18. The number of nitrogens with one attached hydrogen (secondary N) is 2. The zero-order chi connectivity index (χ0) is 15.1. The van der Waals surface area contributed by atoms with Crippen molar-refractivity contribution in [3.05, 3.63) is 60.2 Å². The minimum absolute atomic E-state index is 0.0951. The van der Waals surface area contributed by atoms with Crippen LogP contribution in [0.25, 0.3) is 0 Å². The van der Waals surface area contributed by atoms with Crippen LogP contribution in [-0.2, 0) is 6.61 Å². The Bertz CT molecular complexity index is 582. The molecule has 21 heavy (non-hydrogen) atoms. The van der Waals surface area contributed by atoms with E-state index in [2.05, 4.69) is 10.6 Å². The molecule has 2 N–H and O–H groups in total. The second kappa shape index (κ2) is 7.33. The zero-order valence-corrected chi connectivity index (χ0v) is 12.3. The fraction of sp³-hybridized carbons (Fsp3) is 0.235. The molecule has 0 saturated heterocycles. The molecule has 0 atom stereocenters. The van der Waals surface area contributed by atoms with Gasteiger partial charge in [-0.3, -0.25) is 0 Å². The summed E-state index contributed by atoms with van der Waals surface area (Å²) in [4.78, 5) is 11.8. The Kier molecular flexibility index (Phi) is 5.21. The predicted octanol–water partition coefficient (Wildman–Crippen LogP) is 3.80. The van der Waals surface area contributed by atoms with E-state index in [4.69, 9.17) is 4.74 Å². The molecule has 0 spiro atoms. The van der Waals surface area contributed by atoms with Crippen LogP contribution in [0.4, 0.5) is 10.5 Å². The van der Waals surface area contributed by atoms with Gasteiger partial charge in [0, 0.05) is 17.3 Å². The van der Waals surface area contributed by atoms with Gasteiger partial charge in [0.05, 0.1) is 0 Å². The van der Waals surface area contributed by atoms with E-state index in [0.29, 0.717) is 6.61 Å². The van der Waals surface area contributed by atoms with Crippen LogP contribution in [-0.4, -0.2) is 12.1 Å².